The number of carbonyl (C=O) groups excluding carboxylic acids is 3. The molecule has 0 unspecified atom stereocenters. The van der Waals surface area contributed by atoms with E-state index in [9.17, 15) is 14.4 Å². The van der Waals surface area contributed by atoms with Crippen molar-refractivity contribution in [2.24, 2.45) is 0 Å². The summed E-state index contributed by atoms with van der Waals surface area (Å²) in [5, 5.41) is 2.69. The van der Waals surface area contributed by atoms with E-state index in [1.54, 1.807) is 36.4 Å². The molecule has 0 saturated heterocycles. The number of imide groups is 1. The number of nitrogens with zero attached hydrogens (tertiary/aromatic N) is 1. The Kier molecular flexibility index (Phi) is 3.02. The first-order valence-electron chi connectivity index (χ1n) is 7.22. The molecular formula is C17H12N2O5. The molecule has 2 aliphatic heterocycles. The van der Waals surface area contributed by atoms with Crippen LogP contribution in [0, 0.1) is 0 Å². The maximum Gasteiger partial charge on any atom is 0.263 e. The van der Waals surface area contributed by atoms with Gasteiger partial charge in [-0.3, -0.25) is 19.3 Å². The Morgan fingerprint density at radius 2 is 1.88 bits per heavy atom. The Morgan fingerprint density at radius 3 is 2.71 bits per heavy atom. The minimum atomic E-state index is -0.434. The standard InChI is InChI=1S/C17H12N2O5/c1-19-16(21)10-3-2-4-11(14(10)17(19)22)18-15(20)9-5-6-12-13(7-9)24-8-23-12/h2-7H,8H2,1H3,(H,18,20). The lowest BCUT2D eigenvalue weighted by Gasteiger charge is -2.09. The molecule has 0 bridgehead atoms. The van der Waals surface area contributed by atoms with E-state index in [1.807, 2.05) is 0 Å². The highest BCUT2D eigenvalue weighted by atomic mass is 16.7. The zero-order chi connectivity index (χ0) is 16.8. The number of anilines is 1. The van der Waals surface area contributed by atoms with Crippen LogP contribution in [0.1, 0.15) is 31.1 Å². The minimum Gasteiger partial charge on any atom is -0.454 e. The number of hydrogen-bond donors (Lipinski definition) is 1. The Morgan fingerprint density at radius 1 is 1.08 bits per heavy atom. The van der Waals surface area contributed by atoms with Gasteiger partial charge in [0.1, 0.15) is 0 Å². The van der Waals surface area contributed by atoms with E-state index in [2.05, 4.69) is 5.32 Å². The molecule has 2 heterocycles. The van der Waals surface area contributed by atoms with Gasteiger partial charge in [-0.25, -0.2) is 0 Å². The van der Waals surface area contributed by atoms with Crippen LogP contribution in [0.4, 0.5) is 5.69 Å². The van der Waals surface area contributed by atoms with Gasteiger partial charge in [0, 0.05) is 12.6 Å². The molecular weight excluding hydrogens is 312 g/mol. The van der Waals surface area contributed by atoms with Crippen LogP contribution in [0.5, 0.6) is 11.5 Å². The predicted molar refractivity (Wildman–Crippen MR) is 83.4 cm³/mol. The van der Waals surface area contributed by atoms with Gasteiger partial charge in [-0.2, -0.15) is 0 Å². The Bertz CT molecular complexity index is 906. The van der Waals surface area contributed by atoms with Gasteiger partial charge in [0.05, 0.1) is 16.8 Å². The summed E-state index contributed by atoms with van der Waals surface area (Å²) in [6.45, 7) is 0.121. The van der Waals surface area contributed by atoms with Crippen LogP contribution in [-0.2, 0) is 0 Å². The number of fused-ring (bicyclic) bond motifs is 2. The lowest BCUT2D eigenvalue weighted by atomic mass is 10.1. The second kappa shape index (κ2) is 5.09. The van der Waals surface area contributed by atoms with E-state index in [4.69, 9.17) is 9.47 Å². The fraction of sp³-hybridized carbons (Fsp3) is 0.118. The highest BCUT2D eigenvalue weighted by Gasteiger charge is 2.35. The largest absolute Gasteiger partial charge is 0.454 e. The lowest BCUT2D eigenvalue weighted by molar-refractivity contribution is 0.0693. The first-order valence-corrected chi connectivity index (χ1v) is 7.22. The van der Waals surface area contributed by atoms with Crippen LogP contribution in [0.3, 0.4) is 0 Å². The quantitative estimate of drug-likeness (QED) is 0.853. The zero-order valence-corrected chi connectivity index (χ0v) is 12.7. The Balaban J connectivity index is 1.66. The molecule has 120 valence electrons. The van der Waals surface area contributed by atoms with Crippen molar-refractivity contribution in [2.75, 3.05) is 19.2 Å². The predicted octanol–water partition coefficient (Wildman–Crippen LogP) is 1.89. The highest BCUT2D eigenvalue weighted by Crippen LogP contribution is 2.33. The van der Waals surface area contributed by atoms with Crippen molar-refractivity contribution in [3.8, 4) is 11.5 Å². The third-order valence-electron chi connectivity index (χ3n) is 4.00. The summed E-state index contributed by atoms with van der Waals surface area (Å²) >= 11 is 0. The van der Waals surface area contributed by atoms with Crippen molar-refractivity contribution in [2.45, 2.75) is 0 Å². The summed E-state index contributed by atoms with van der Waals surface area (Å²) in [6, 6.07) is 9.60. The zero-order valence-electron chi connectivity index (χ0n) is 12.7. The van der Waals surface area contributed by atoms with E-state index in [1.165, 1.54) is 7.05 Å². The molecule has 0 aliphatic carbocycles. The third-order valence-corrected chi connectivity index (χ3v) is 4.00. The Labute approximate surface area is 136 Å². The molecule has 1 N–H and O–H groups in total. The van der Waals surface area contributed by atoms with Gasteiger partial charge in [0.15, 0.2) is 11.5 Å². The van der Waals surface area contributed by atoms with Gasteiger partial charge in [-0.05, 0) is 30.3 Å². The molecule has 0 atom stereocenters. The lowest BCUT2D eigenvalue weighted by Crippen LogP contribution is -2.24. The summed E-state index contributed by atoms with van der Waals surface area (Å²) in [5.74, 6) is -0.149. The second-order valence-electron chi connectivity index (χ2n) is 5.42. The topological polar surface area (TPSA) is 84.9 Å². The highest BCUT2D eigenvalue weighted by molar-refractivity contribution is 6.24. The van der Waals surface area contributed by atoms with E-state index in [0.29, 0.717) is 22.7 Å². The van der Waals surface area contributed by atoms with Crippen LogP contribution in [0.15, 0.2) is 36.4 Å². The maximum absolute atomic E-state index is 12.5. The number of rotatable bonds is 2. The molecule has 0 radical (unpaired) electrons. The van der Waals surface area contributed by atoms with Crippen molar-refractivity contribution >= 4 is 23.4 Å². The van der Waals surface area contributed by atoms with Crippen LogP contribution in [-0.4, -0.2) is 36.5 Å². The number of carbonyl (C=O) groups is 3. The molecule has 4 rings (SSSR count). The molecule has 0 saturated carbocycles. The average molecular weight is 324 g/mol. The molecule has 0 fully saturated rings. The summed E-state index contributed by atoms with van der Waals surface area (Å²) in [6.07, 6.45) is 0. The summed E-state index contributed by atoms with van der Waals surface area (Å²) in [7, 11) is 1.41. The van der Waals surface area contributed by atoms with Crippen molar-refractivity contribution in [1.82, 2.24) is 4.90 Å². The van der Waals surface area contributed by atoms with Gasteiger partial charge in [0.25, 0.3) is 17.7 Å². The van der Waals surface area contributed by atoms with Crippen molar-refractivity contribution in [3.63, 3.8) is 0 Å². The first kappa shape index (κ1) is 14.3. The molecule has 3 amide bonds. The third kappa shape index (κ3) is 2.02. The molecule has 0 spiro atoms. The number of nitrogens with one attached hydrogen (secondary N) is 1. The summed E-state index contributed by atoms with van der Waals surface area (Å²) in [4.78, 5) is 37.7. The van der Waals surface area contributed by atoms with Crippen molar-refractivity contribution in [1.29, 1.82) is 0 Å². The summed E-state index contributed by atoms with van der Waals surface area (Å²) < 4.78 is 10.5. The first-order chi connectivity index (χ1) is 11.6. The SMILES string of the molecule is CN1C(=O)c2cccc(NC(=O)c3ccc4c(c3)OCO4)c2C1=O. The van der Waals surface area contributed by atoms with E-state index >= 15 is 0 Å². The van der Waals surface area contributed by atoms with Crippen LogP contribution < -0.4 is 14.8 Å². The number of ether oxygens (including phenoxy) is 2. The van der Waals surface area contributed by atoms with Gasteiger partial charge < -0.3 is 14.8 Å². The van der Waals surface area contributed by atoms with Crippen LogP contribution in [0.2, 0.25) is 0 Å². The monoisotopic (exact) mass is 324 g/mol. The average Bonchev–Trinajstić information content (AvgIpc) is 3.14. The number of benzene rings is 2. The van der Waals surface area contributed by atoms with E-state index in [-0.39, 0.29) is 23.8 Å². The second-order valence-corrected chi connectivity index (χ2v) is 5.42. The summed E-state index contributed by atoms with van der Waals surface area (Å²) in [5.41, 5.74) is 1.16. The Hall–Kier alpha value is -3.35. The fourth-order valence-corrected chi connectivity index (χ4v) is 2.74. The molecule has 24 heavy (non-hydrogen) atoms. The van der Waals surface area contributed by atoms with Gasteiger partial charge >= 0.3 is 0 Å². The van der Waals surface area contributed by atoms with Crippen LogP contribution >= 0.6 is 0 Å². The molecule has 2 aromatic rings. The van der Waals surface area contributed by atoms with E-state index < -0.39 is 11.8 Å². The van der Waals surface area contributed by atoms with Crippen molar-refractivity contribution < 1.29 is 23.9 Å². The number of amides is 3. The molecule has 2 aromatic carbocycles. The van der Waals surface area contributed by atoms with Crippen LogP contribution in [0.25, 0.3) is 0 Å². The van der Waals surface area contributed by atoms with E-state index in [0.717, 1.165) is 4.90 Å². The minimum absolute atomic E-state index is 0.121. The maximum atomic E-state index is 12.5. The smallest absolute Gasteiger partial charge is 0.263 e. The van der Waals surface area contributed by atoms with Gasteiger partial charge in [-0.1, -0.05) is 6.07 Å². The molecule has 2 aliphatic rings. The van der Waals surface area contributed by atoms with Gasteiger partial charge in [-0.15, -0.1) is 0 Å². The molecule has 7 heteroatoms. The normalized spacial score (nSPS) is 14.8. The van der Waals surface area contributed by atoms with Gasteiger partial charge in [0.2, 0.25) is 6.79 Å². The number of hydrogen-bond acceptors (Lipinski definition) is 5. The fourth-order valence-electron chi connectivity index (χ4n) is 2.74. The molecule has 7 nitrogen and oxygen atoms in total. The van der Waals surface area contributed by atoms with Crippen molar-refractivity contribution in [3.05, 3.63) is 53.1 Å². The molecule has 0 aromatic heterocycles.